The van der Waals surface area contributed by atoms with Gasteiger partial charge in [-0.3, -0.25) is 0 Å². The first-order valence-corrected chi connectivity index (χ1v) is 8.15. The second kappa shape index (κ2) is 7.19. The Morgan fingerprint density at radius 1 is 0.952 bits per heavy atom. The Morgan fingerprint density at radius 3 is 2.29 bits per heavy atom. The minimum atomic E-state index is -0.550. The molecule has 0 atom stereocenters. The minimum Gasteiger partial charge on any atom is -0.207 e. The van der Waals surface area contributed by atoms with Crippen LogP contribution in [-0.4, -0.2) is 11.8 Å². The van der Waals surface area contributed by atoms with E-state index in [1.165, 1.54) is 18.2 Å². The van der Waals surface area contributed by atoms with Crippen LogP contribution in [0.15, 0.2) is 42.5 Å². The Morgan fingerprint density at radius 2 is 1.67 bits per heavy atom. The molecule has 2 aromatic rings. The molecule has 0 heterocycles. The van der Waals surface area contributed by atoms with Crippen LogP contribution in [-0.2, 0) is 11.8 Å². The highest BCUT2D eigenvalue weighted by molar-refractivity contribution is 6.31. The number of rotatable bonds is 5. The van der Waals surface area contributed by atoms with Crippen molar-refractivity contribution in [1.29, 1.82) is 0 Å². The zero-order valence-corrected chi connectivity index (χ0v) is 14.1. The number of benzene rings is 2. The molecule has 0 unspecified atom stereocenters. The first kappa shape index (κ1) is 16.9. The van der Waals surface area contributed by atoms with E-state index in [4.69, 9.17) is 46.4 Å². The molecule has 0 aliphatic heterocycles. The van der Waals surface area contributed by atoms with Gasteiger partial charge in [0.05, 0.1) is 0 Å². The lowest BCUT2D eigenvalue weighted by molar-refractivity contribution is 0.533. The first-order chi connectivity index (χ1) is 10.0. The Hall–Kier alpha value is -0.470. The summed E-state index contributed by atoms with van der Waals surface area (Å²) < 4.78 is 13.5. The quantitative estimate of drug-likeness (QED) is 0.562. The van der Waals surface area contributed by atoms with Gasteiger partial charge in [-0.2, -0.15) is 0 Å². The topological polar surface area (TPSA) is 0 Å². The normalized spacial score (nSPS) is 11.7. The lowest BCUT2D eigenvalue weighted by Gasteiger charge is -2.31. The smallest absolute Gasteiger partial charge is 0.123 e. The summed E-state index contributed by atoms with van der Waals surface area (Å²) in [6.45, 7) is 0. The van der Waals surface area contributed by atoms with Crippen LogP contribution < -0.4 is 0 Å². The SMILES string of the molecule is Fc1ccc(Cl)c(CC(CCl)(CCl)c2cccc(Cl)c2)c1. The average Bonchev–Trinajstić information content (AvgIpc) is 2.48. The molecule has 0 bridgehead atoms. The summed E-state index contributed by atoms with van der Waals surface area (Å²) in [6.07, 6.45) is 0.441. The number of alkyl halides is 2. The zero-order chi connectivity index (χ0) is 15.5. The van der Waals surface area contributed by atoms with Crippen LogP contribution >= 0.6 is 46.4 Å². The fourth-order valence-electron chi connectivity index (χ4n) is 2.25. The molecule has 0 spiro atoms. The standard InChI is InChI=1S/C16H13Cl4F/c17-9-16(10-18,12-2-1-3-13(19)7-12)8-11-6-14(21)4-5-15(11)20/h1-7H,8-10H2. The van der Waals surface area contributed by atoms with Crippen LogP contribution in [0.25, 0.3) is 0 Å². The van der Waals surface area contributed by atoms with Gasteiger partial charge < -0.3 is 0 Å². The largest absolute Gasteiger partial charge is 0.207 e. The Labute approximate surface area is 143 Å². The summed E-state index contributed by atoms with van der Waals surface area (Å²) in [6, 6.07) is 11.7. The van der Waals surface area contributed by atoms with Gasteiger partial charge in [0, 0.05) is 27.2 Å². The van der Waals surface area contributed by atoms with E-state index in [1.807, 2.05) is 18.2 Å². The maximum absolute atomic E-state index is 13.5. The van der Waals surface area contributed by atoms with E-state index in [0.717, 1.165) is 5.56 Å². The van der Waals surface area contributed by atoms with Gasteiger partial charge in [0.15, 0.2) is 0 Å². The van der Waals surface area contributed by atoms with Crippen LogP contribution in [0.4, 0.5) is 4.39 Å². The predicted octanol–water partition coefficient (Wildman–Crippen LogP) is 6.09. The van der Waals surface area contributed by atoms with Gasteiger partial charge in [0.25, 0.3) is 0 Å². The third-order valence-corrected chi connectivity index (χ3v) is 5.11. The van der Waals surface area contributed by atoms with Gasteiger partial charge in [0.1, 0.15) is 5.82 Å². The van der Waals surface area contributed by atoms with Crippen molar-refractivity contribution in [2.24, 2.45) is 0 Å². The monoisotopic (exact) mass is 364 g/mol. The summed E-state index contributed by atoms with van der Waals surface area (Å²) >= 11 is 24.6. The summed E-state index contributed by atoms with van der Waals surface area (Å²) in [7, 11) is 0. The zero-order valence-electron chi connectivity index (χ0n) is 11.1. The van der Waals surface area contributed by atoms with Crippen molar-refractivity contribution in [3.63, 3.8) is 0 Å². The summed E-state index contributed by atoms with van der Waals surface area (Å²) in [5.74, 6) is 0.228. The van der Waals surface area contributed by atoms with Crippen LogP contribution in [0, 0.1) is 5.82 Å². The van der Waals surface area contributed by atoms with Gasteiger partial charge in [-0.25, -0.2) is 4.39 Å². The highest BCUT2D eigenvalue weighted by Crippen LogP contribution is 2.35. The molecule has 0 N–H and O–H groups in total. The molecule has 2 aromatic carbocycles. The molecule has 0 nitrogen and oxygen atoms in total. The van der Waals surface area contributed by atoms with E-state index in [1.54, 1.807) is 6.07 Å². The molecular weight excluding hydrogens is 353 g/mol. The van der Waals surface area contributed by atoms with Crippen LogP contribution in [0.1, 0.15) is 11.1 Å². The Balaban J connectivity index is 2.45. The fraction of sp³-hybridized carbons (Fsp3) is 0.250. The van der Waals surface area contributed by atoms with Crippen molar-refractivity contribution in [1.82, 2.24) is 0 Å². The van der Waals surface area contributed by atoms with E-state index in [-0.39, 0.29) is 17.6 Å². The second-order valence-electron chi connectivity index (χ2n) is 4.97. The average molecular weight is 366 g/mol. The van der Waals surface area contributed by atoms with Crippen molar-refractivity contribution in [3.8, 4) is 0 Å². The van der Waals surface area contributed by atoms with Gasteiger partial charge in [-0.1, -0.05) is 35.3 Å². The lowest BCUT2D eigenvalue weighted by Crippen LogP contribution is -2.33. The van der Waals surface area contributed by atoms with E-state index >= 15 is 0 Å². The Bertz CT molecular complexity index is 623. The van der Waals surface area contributed by atoms with Gasteiger partial charge >= 0.3 is 0 Å². The molecule has 21 heavy (non-hydrogen) atoms. The van der Waals surface area contributed by atoms with Crippen LogP contribution in [0.3, 0.4) is 0 Å². The van der Waals surface area contributed by atoms with Crippen molar-refractivity contribution in [2.45, 2.75) is 11.8 Å². The molecule has 0 aromatic heterocycles. The van der Waals surface area contributed by atoms with Crippen molar-refractivity contribution in [3.05, 3.63) is 69.5 Å². The Kier molecular flexibility index (Phi) is 5.79. The van der Waals surface area contributed by atoms with Crippen LogP contribution in [0.5, 0.6) is 0 Å². The number of hydrogen-bond donors (Lipinski definition) is 0. The molecule has 2 rings (SSSR count). The molecule has 0 fully saturated rings. The molecule has 0 aliphatic rings. The maximum atomic E-state index is 13.5. The summed E-state index contributed by atoms with van der Waals surface area (Å²) in [4.78, 5) is 0. The highest BCUT2D eigenvalue weighted by Gasteiger charge is 2.32. The lowest BCUT2D eigenvalue weighted by atomic mass is 9.78. The fourth-order valence-corrected chi connectivity index (χ4v) is 3.41. The van der Waals surface area contributed by atoms with Gasteiger partial charge in [-0.15, -0.1) is 23.2 Å². The predicted molar refractivity (Wildman–Crippen MR) is 89.7 cm³/mol. The molecule has 5 heteroatoms. The number of halogens is 5. The maximum Gasteiger partial charge on any atom is 0.123 e. The summed E-state index contributed by atoms with van der Waals surface area (Å²) in [5.41, 5.74) is 1.05. The molecule has 112 valence electrons. The molecule has 0 radical (unpaired) electrons. The second-order valence-corrected chi connectivity index (χ2v) is 6.35. The molecule has 0 saturated heterocycles. The van der Waals surface area contributed by atoms with E-state index in [2.05, 4.69) is 0 Å². The van der Waals surface area contributed by atoms with Crippen molar-refractivity contribution in [2.75, 3.05) is 11.8 Å². The van der Waals surface area contributed by atoms with E-state index in [0.29, 0.717) is 22.0 Å². The van der Waals surface area contributed by atoms with Crippen molar-refractivity contribution < 1.29 is 4.39 Å². The molecular formula is C16H13Cl4F. The molecule has 0 saturated carbocycles. The van der Waals surface area contributed by atoms with E-state index in [9.17, 15) is 4.39 Å². The van der Waals surface area contributed by atoms with Crippen LogP contribution in [0.2, 0.25) is 10.0 Å². The van der Waals surface area contributed by atoms with Gasteiger partial charge in [0.2, 0.25) is 0 Å². The van der Waals surface area contributed by atoms with Gasteiger partial charge in [-0.05, 0) is 47.9 Å². The third-order valence-electron chi connectivity index (χ3n) is 3.49. The summed E-state index contributed by atoms with van der Waals surface area (Å²) in [5, 5.41) is 1.11. The van der Waals surface area contributed by atoms with E-state index < -0.39 is 5.41 Å². The first-order valence-electron chi connectivity index (χ1n) is 6.33. The molecule has 0 amide bonds. The number of hydrogen-bond acceptors (Lipinski definition) is 0. The molecule has 0 aliphatic carbocycles. The minimum absolute atomic E-state index is 0.281. The van der Waals surface area contributed by atoms with Crippen molar-refractivity contribution >= 4 is 46.4 Å². The third kappa shape index (κ3) is 3.84. The highest BCUT2D eigenvalue weighted by atomic mass is 35.5.